The molecule has 0 amide bonds. The van der Waals surface area contributed by atoms with Gasteiger partial charge in [0.1, 0.15) is 12.4 Å². The number of ether oxygens (including phenoxy) is 3. The van der Waals surface area contributed by atoms with Crippen LogP contribution in [0.15, 0.2) is 53.3 Å². The van der Waals surface area contributed by atoms with E-state index in [9.17, 15) is 4.79 Å². The first kappa shape index (κ1) is 28.6. The average molecular weight is 508 g/mol. The molecule has 2 aromatic carbocycles. The topological polar surface area (TPSA) is 49.7 Å². The van der Waals surface area contributed by atoms with Crippen LogP contribution in [0.2, 0.25) is 0 Å². The van der Waals surface area contributed by atoms with Crippen molar-refractivity contribution < 1.29 is 14.2 Å². The molecule has 0 N–H and O–H groups in total. The molecule has 1 aromatic heterocycles. The Labute approximate surface area is 222 Å². The van der Waals surface area contributed by atoms with Crippen molar-refractivity contribution in [2.24, 2.45) is 0 Å². The predicted octanol–water partition coefficient (Wildman–Crippen LogP) is 8.30. The molecule has 0 bridgehead atoms. The van der Waals surface area contributed by atoms with E-state index in [1.807, 2.05) is 53.1 Å². The van der Waals surface area contributed by atoms with Crippen molar-refractivity contribution in [2.45, 2.75) is 98.1 Å². The number of hydrogen-bond donors (Lipinski definition) is 0. The lowest BCUT2D eigenvalue weighted by molar-refractivity contribution is 0.255. The molecule has 202 valence electrons. The Balaban J connectivity index is 1.97. The molecule has 0 spiro atoms. The molecule has 3 aromatic rings. The number of aryl methyl sites for hydroxylation is 1. The summed E-state index contributed by atoms with van der Waals surface area (Å²) < 4.78 is 20.4. The summed E-state index contributed by atoms with van der Waals surface area (Å²) in [6.07, 6.45) is 10.9. The van der Waals surface area contributed by atoms with Gasteiger partial charge in [-0.15, -0.1) is 0 Å². The van der Waals surface area contributed by atoms with Crippen molar-refractivity contribution in [3.05, 3.63) is 64.4 Å². The molecule has 0 atom stereocenters. The third kappa shape index (κ3) is 8.55. The number of pyridine rings is 1. The first-order valence-corrected chi connectivity index (χ1v) is 14.3. The molecule has 0 aliphatic heterocycles. The standard InChI is InChI=1S/C32H45NO4/c1-4-7-10-15-22-35-27-19-20-28-29(24-27)33(21-9-6-3)32(34)31(30(28)36-23-16-11-8-5-2)37-25-26-17-13-12-14-18-26/h12-14,17-20,24H,4-11,15-16,21-23,25H2,1-3H3. The number of rotatable bonds is 18. The highest BCUT2D eigenvalue weighted by Crippen LogP contribution is 2.35. The molecule has 0 saturated heterocycles. The van der Waals surface area contributed by atoms with Gasteiger partial charge >= 0.3 is 0 Å². The molecule has 0 radical (unpaired) electrons. The number of hydrogen-bond acceptors (Lipinski definition) is 4. The van der Waals surface area contributed by atoms with Gasteiger partial charge < -0.3 is 18.8 Å². The normalized spacial score (nSPS) is 11.1. The van der Waals surface area contributed by atoms with Gasteiger partial charge in [-0.2, -0.15) is 0 Å². The molecular weight excluding hydrogens is 462 g/mol. The number of fused-ring (bicyclic) bond motifs is 1. The molecule has 3 rings (SSSR count). The molecule has 37 heavy (non-hydrogen) atoms. The van der Waals surface area contributed by atoms with Gasteiger partial charge in [-0.25, -0.2) is 0 Å². The van der Waals surface area contributed by atoms with Gasteiger partial charge in [-0.1, -0.05) is 96.0 Å². The lowest BCUT2D eigenvalue weighted by atomic mass is 10.1. The number of aromatic nitrogens is 1. The summed E-state index contributed by atoms with van der Waals surface area (Å²) in [6, 6.07) is 16.0. The van der Waals surface area contributed by atoms with Crippen LogP contribution in [0.3, 0.4) is 0 Å². The molecule has 5 nitrogen and oxygen atoms in total. The summed E-state index contributed by atoms with van der Waals surface area (Å²) in [7, 11) is 0. The van der Waals surface area contributed by atoms with Crippen molar-refractivity contribution in [3.63, 3.8) is 0 Å². The minimum atomic E-state index is -0.138. The fraction of sp³-hybridized carbons (Fsp3) is 0.531. The minimum Gasteiger partial charge on any atom is -0.494 e. The monoisotopic (exact) mass is 507 g/mol. The lowest BCUT2D eigenvalue weighted by Gasteiger charge is -2.19. The van der Waals surface area contributed by atoms with E-state index >= 15 is 0 Å². The van der Waals surface area contributed by atoms with Crippen LogP contribution in [-0.4, -0.2) is 17.8 Å². The first-order valence-electron chi connectivity index (χ1n) is 14.3. The third-order valence-electron chi connectivity index (χ3n) is 6.62. The van der Waals surface area contributed by atoms with Crippen LogP contribution in [0.4, 0.5) is 0 Å². The molecule has 0 unspecified atom stereocenters. The molecule has 0 fully saturated rings. The van der Waals surface area contributed by atoms with Crippen LogP contribution in [0.25, 0.3) is 10.9 Å². The van der Waals surface area contributed by atoms with Crippen LogP contribution in [0.5, 0.6) is 17.2 Å². The summed E-state index contributed by atoms with van der Waals surface area (Å²) in [5, 5.41) is 0.896. The van der Waals surface area contributed by atoms with Crippen molar-refractivity contribution in [1.82, 2.24) is 4.57 Å². The second-order valence-corrected chi connectivity index (χ2v) is 9.74. The van der Waals surface area contributed by atoms with Crippen molar-refractivity contribution in [3.8, 4) is 17.2 Å². The highest BCUT2D eigenvalue weighted by Gasteiger charge is 2.20. The SMILES string of the molecule is CCCCCCOc1ccc2c(OCCCCCC)c(OCc3ccccc3)c(=O)n(CCCC)c2c1. The van der Waals surface area contributed by atoms with Crippen molar-refractivity contribution in [2.75, 3.05) is 13.2 Å². The van der Waals surface area contributed by atoms with Crippen molar-refractivity contribution in [1.29, 1.82) is 0 Å². The van der Waals surface area contributed by atoms with Gasteiger partial charge in [0, 0.05) is 18.0 Å². The van der Waals surface area contributed by atoms with Gasteiger partial charge in [-0.05, 0) is 37.0 Å². The molecule has 0 aliphatic carbocycles. The van der Waals surface area contributed by atoms with E-state index < -0.39 is 0 Å². The van der Waals surface area contributed by atoms with E-state index in [1.54, 1.807) is 0 Å². The number of unbranched alkanes of at least 4 members (excludes halogenated alkanes) is 7. The summed E-state index contributed by atoms with van der Waals surface area (Å²) >= 11 is 0. The molecule has 0 saturated carbocycles. The maximum Gasteiger partial charge on any atom is 0.297 e. The zero-order chi connectivity index (χ0) is 26.3. The highest BCUT2D eigenvalue weighted by atomic mass is 16.5. The lowest BCUT2D eigenvalue weighted by Crippen LogP contribution is -2.24. The first-order chi connectivity index (χ1) is 18.2. The Kier molecular flexibility index (Phi) is 12.4. The van der Waals surface area contributed by atoms with E-state index in [4.69, 9.17) is 14.2 Å². The third-order valence-corrected chi connectivity index (χ3v) is 6.62. The maximum absolute atomic E-state index is 13.8. The fourth-order valence-electron chi connectivity index (χ4n) is 4.43. The minimum absolute atomic E-state index is 0.138. The highest BCUT2D eigenvalue weighted by molar-refractivity contribution is 5.89. The van der Waals surface area contributed by atoms with E-state index in [-0.39, 0.29) is 5.56 Å². The zero-order valence-corrected chi connectivity index (χ0v) is 23.1. The predicted molar refractivity (Wildman–Crippen MR) is 153 cm³/mol. The van der Waals surface area contributed by atoms with E-state index in [1.165, 1.54) is 32.1 Å². The van der Waals surface area contributed by atoms with E-state index in [0.717, 1.165) is 54.3 Å². The van der Waals surface area contributed by atoms with Gasteiger partial charge in [0.25, 0.3) is 5.56 Å². The molecule has 5 heteroatoms. The summed E-state index contributed by atoms with van der Waals surface area (Å²) in [5.74, 6) is 1.64. The van der Waals surface area contributed by atoms with Crippen LogP contribution in [0, 0.1) is 0 Å². The van der Waals surface area contributed by atoms with Crippen molar-refractivity contribution >= 4 is 10.9 Å². The number of nitrogens with zero attached hydrogens (tertiary/aromatic N) is 1. The Morgan fingerprint density at radius 1 is 0.676 bits per heavy atom. The second-order valence-electron chi connectivity index (χ2n) is 9.74. The Morgan fingerprint density at radius 3 is 2.03 bits per heavy atom. The number of benzene rings is 2. The van der Waals surface area contributed by atoms with E-state index in [2.05, 4.69) is 20.8 Å². The van der Waals surface area contributed by atoms with Gasteiger partial charge in [0.15, 0.2) is 5.75 Å². The van der Waals surface area contributed by atoms with Gasteiger partial charge in [0.05, 0.1) is 18.7 Å². The summed E-state index contributed by atoms with van der Waals surface area (Å²) in [4.78, 5) is 13.8. The smallest absolute Gasteiger partial charge is 0.297 e. The van der Waals surface area contributed by atoms with Crippen LogP contribution >= 0.6 is 0 Å². The Bertz CT molecular complexity index is 1120. The zero-order valence-electron chi connectivity index (χ0n) is 23.1. The van der Waals surface area contributed by atoms with Crippen LogP contribution in [-0.2, 0) is 13.2 Å². The maximum atomic E-state index is 13.8. The molecular formula is C32H45NO4. The largest absolute Gasteiger partial charge is 0.494 e. The Morgan fingerprint density at radius 2 is 1.35 bits per heavy atom. The van der Waals surface area contributed by atoms with Crippen LogP contribution < -0.4 is 19.8 Å². The average Bonchev–Trinajstić information content (AvgIpc) is 2.92. The molecule has 0 aliphatic rings. The van der Waals surface area contributed by atoms with Gasteiger partial charge in [-0.3, -0.25) is 4.79 Å². The molecule has 1 heterocycles. The summed E-state index contributed by atoms with van der Waals surface area (Å²) in [5.41, 5.74) is 1.73. The fourth-order valence-corrected chi connectivity index (χ4v) is 4.43. The van der Waals surface area contributed by atoms with Crippen LogP contribution in [0.1, 0.15) is 90.5 Å². The summed E-state index contributed by atoms with van der Waals surface area (Å²) in [6.45, 7) is 8.74. The van der Waals surface area contributed by atoms with E-state index in [0.29, 0.717) is 37.9 Å². The van der Waals surface area contributed by atoms with Gasteiger partial charge in [0.2, 0.25) is 5.75 Å². The Hall–Kier alpha value is -2.95. The quantitative estimate of drug-likeness (QED) is 0.162. The second kappa shape index (κ2) is 16.0.